The number of carbonyl (C=O) groups excluding carboxylic acids is 1. The molecule has 0 fully saturated rings. The van der Waals surface area contributed by atoms with Gasteiger partial charge in [0.25, 0.3) is 0 Å². The second kappa shape index (κ2) is 6.03. The van der Waals surface area contributed by atoms with Gasteiger partial charge in [0.1, 0.15) is 5.78 Å². The van der Waals surface area contributed by atoms with Gasteiger partial charge in [-0.3, -0.25) is 4.79 Å². The molecule has 0 heterocycles. The Balaban J connectivity index is 2.74. The third-order valence-corrected chi connectivity index (χ3v) is 2.77. The minimum absolute atomic E-state index is 0.180. The number of halogens is 1. The molecule has 0 aliphatic carbocycles. The molecule has 3 heteroatoms. The molecular weight excluding hydrogens is 256 g/mol. The topological polar surface area (TPSA) is 26.3 Å². The van der Waals surface area contributed by atoms with Crippen LogP contribution in [0.4, 0.5) is 0 Å². The number of rotatable bonds is 5. The van der Waals surface area contributed by atoms with Crippen molar-refractivity contribution in [3.8, 4) is 0 Å². The van der Waals surface area contributed by atoms with Crippen molar-refractivity contribution in [3.63, 3.8) is 0 Å². The summed E-state index contributed by atoms with van der Waals surface area (Å²) >= 11 is 3.48. The Morgan fingerprint density at radius 1 is 1.47 bits per heavy atom. The molecule has 0 spiro atoms. The van der Waals surface area contributed by atoms with Crippen molar-refractivity contribution in [1.82, 2.24) is 0 Å². The zero-order chi connectivity index (χ0) is 11.3. The Kier molecular flexibility index (Phi) is 4.99. The third kappa shape index (κ3) is 4.14. The molecule has 0 unspecified atom stereocenters. The molecule has 82 valence electrons. The lowest BCUT2D eigenvalue weighted by Crippen LogP contribution is -1.98. The van der Waals surface area contributed by atoms with Gasteiger partial charge in [-0.1, -0.05) is 28.1 Å². The lowest BCUT2D eigenvalue weighted by atomic mass is 10.1. The summed E-state index contributed by atoms with van der Waals surface area (Å²) in [6.45, 7) is 4.89. The van der Waals surface area contributed by atoms with Crippen LogP contribution in [-0.2, 0) is 22.6 Å². The molecule has 15 heavy (non-hydrogen) atoms. The fourth-order valence-corrected chi connectivity index (χ4v) is 1.86. The maximum Gasteiger partial charge on any atom is 0.134 e. The van der Waals surface area contributed by atoms with E-state index in [1.807, 2.05) is 25.1 Å². The fourth-order valence-electron chi connectivity index (χ4n) is 1.32. The first kappa shape index (κ1) is 12.4. The van der Waals surface area contributed by atoms with Crippen LogP contribution in [-0.4, -0.2) is 12.4 Å². The molecular formula is C12H15BrO2. The molecule has 0 bridgehead atoms. The average molecular weight is 271 g/mol. The number of hydrogen-bond donors (Lipinski definition) is 0. The highest BCUT2D eigenvalue weighted by atomic mass is 79.9. The Morgan fingerprint density at radius 2 is 2.20 bits per heavy atom. The van der Waals surface area contributed by atoms with Crippen LogP contribution in [0.5, 0.6) is 0 Å². The zero-order valence-electron chi connectivity index (χ0n) is 9.05. The molecule has 0 radical (unpaired) electrons. The lowest BCUT2D eigenvalue weighted by Gasteiger charge is -2.06. The van der Waals surface area contributed by atoms with Crippen LogP contribution < -0.4 is 0 Å². The van der Waals surface area contributed by atoms with Crippen LogP contribution in [0, 0.1) is 0 Å². The number of ether oxygens (including phenoxy) is 1. The Bertz CT molecular complexity index is 347. The largest absolute Gasteiger partial charge is 0.377 e. The van der Waals surface area contributed by atoms with Crippen molar-refractivity contribution in [2.75, 3.05) is 6.61 Å². The summed E-state index contributed by atoms with van der Waals surface area (Å²) in [6.07, 6.45) is 0.494. The van der Waals surface area contributed by atoms with Crippen LogP contribution >= 0.6 is 15.9 Å². The second-order valence-electron chi connectivity index (χ2n) is 3.44. The van der Waals surface area contributed by atoms with Crippen LogP contribution in [0.25, 0.3) is 0 Å². The van der Waals surface area contributed by atoms with E-state index < -0.39 is 0 Å². The van der Waals surface area contributed by atoms with Crippen LogP contribution in [0.3, 0.4) is 0 Å². The maximum atomic E-state index is 10.9. The summed E-state index contributed by atoms with van der Waals surface area (Å²) in [5.41, 5.74) is 2.15. The number of carbonyl (C=O) groups is 1. The molecule has 1 aromatic carbocycles. The number of Topliss-reactive ketones (excluding diaryl/α,β-unsaturated/α-hetero) is 1. The summed E-state index contributed by atoms with van der Waals surface area (Å²) in [5, 5.41) is 0. The molecule has 1 aromatic rings. The standard InChI is InChI=1S/C12H15BrO2/c1-3-15-8-11-5-4-10(6-9(2)14)7-12(11)13/h4-5,7H,3,6,8H2,1-2H3. The molecule has 0 saturated carbocycles. The summed E-state index contributed by atoms with van der Waals surface area (Å²) in [6, 6.07) is 5.95. The first-order valence-corrected chi connectivity index (χ1v) is 5.77. The summed E-state index contributed by atoms with van der Waals surface area (Å²) in [4.78, 5) is 10.9. The summed E-state index contributed by atoms with van der Waals surface area (Å²) in [5.74, 6) is 0.180. The van der Waals surface area contributed by atoms with Crippen molar-refractivity contribution in [2.24, 2.45) is 0 Å². The Labute approximate surface area is 98.8 Å². The highest BCUT2D eigenvalue weighted by molar-refractivity contribution is 9.10. The van der Waals surface area contributed by atoms with Gasteiger partial charge in [0, 0.05) is 17.5 Å². The predicted molar refractivity (Wildman–Crippen MR) is 63.9 cm³/mol. The smallest absolute Gasteiger partial charge is 0.134 e. The van der Waals surface area contributed by atoms with Crippen LogP contribution in [0.1, 0.15) is 25.0 Å². The average Bonchev–Trinajstić information content (AvgIpc) is 2.15. The maximum absolute atomic E-state index is 10.9. The molecule has 0 saturated heterocycles. The quantitative estimate of drug-likeness (QED) is 0.822. The van der Waals surface area contributed by atoms with Gasteiger partial charge >= 0.3 is 0 Å². The van der Waals surface area contributed by atoms with Gasteiger partial charge in [0.15, 0.2) is 0 Å². The van der Waals surface area contributed by atoms with E-state index in [0.29, 0.717) is 19.6 Å². The molecule has 2 nitrogen and oxygen atoms in total. The first-order chi connectivity index (χ1) is 7.13. The van der Waals surface area contributed by atoms with Crippen molar-refractivity contribution >= 4 is 21.7 Å². The number of ketones is 1. The van der Waals surface area contributed by atoms with Crippen LogP contribution in [0.2, 0.25) is 0 Å². The van der Waals surface area contributed by atoms with Gasteiger partial charge in [-0.25, -0.2) is 0 Å². The normalized spacial score (nSPS) is 10.3. The van der Waals surface area contributed by atoms with Gasteiger partial charge in [-0.15, -0.1) is 0 Å². The molecule has 1 rings (SSSR count). The van der Waals surface area contributed by atoms with E-state index in [1.54, 1.807) is 6.92 Å². The molecule has 0 aromatic heterocycles. The Hall–Kier alpha value is -0.670. The predicted octanol–water partition coefficient (Wildman–Crippen LogP) is 3.12. The van der Waals surface area contributed by atoms with Gasteiger partial charge < -0.3 is 4.74 Å². The number of benzene rings is 1. The molecule has 0 N–H and O–H groups in total. The van der Waals surface area contributed by atoms with E-state index in [2.05, 4.69) is 15.9 Å². The van der Waals surface area contributed by atoms with Crippen molar-refractivity contribution in [2.45, 2.75) is 26.9 Å². The zero-order valence-corrected chi connectivity index (χ0v) is 10.6. The number of hydrogen-bond acceptors (Lipinski definition) is 2. The Morgan fingerprint density at radius 3 is 2.73 bits per heavy atom. The van der Waals surface area contributed by atoms with Gasteiger partial charge in [-0.05, 0) is 31.0 Å². The minimum atomic E-state index is 0.180. The molecule has 0 atom stereocenters. The third-order valence-electron chi connectivity index (χ3n) is 2.03. The van der Waals surface area contributed by atoms with Crippen molar-refractivity contribution in [1.29, 1.82) is 0 Å². The summed E-state index contributed by atoms with van der Waals surface area (Å²) < 4.78 is 6.33. The highest BCUT2D eigenvalue weighted by Crippen LogP contribution is 2.20. The van der Waals surface area contributed by atoms with Crippen LogP contribution in [0.15, 0.2) is 22.7 Å². The van der Waals surface area contributed by atoms with Gasteiger partial charge in [0.2, 0.25) is 0 Å². The van der Waals surface area contributed by atoms with E-state index in [4.69, 9.17) is 4.74 Å². The van der Waals surface area contributed by atoms with Crippen molar-refractivity contribution in [3.05, 3.63) is 33.8 Å². The monoisotopic (exact) mass is 270 g/mol. The van der Waals surface area contributed by atoms with Crippen molar-refractivity contribution < 1.29 is 9.53 Å². The second-order valence-corrected chi connectivity index (χ2v) is 4.30. The molecule has 0 amide bonds. The fraction of sp³-hybridized carbons (Fsp3) is 0.417. The highest BCUT2D eigenvalue weighted by Gasteiger charge is 2.03. The first-order valence-electron chi connectivity index (χ1n) is 4.98. The van der Waals surface area contributed by atoms with E-state index >= 15 is 0 Å². The molecule has 0 aliphatic rings. The van der Waals surface area contributed by atoms with Gasteiger partial charge in [0.05, 0.1) is 6.61 Å². The minimum Gasteiger partial charge on any atom is -0.377 e. The van der Waals surface area contributed by atoms with E-state index in [0.717, 1.165) is 15.6 Å². The molecule has 0 aliphatic heterocycles. The van der Waals surface area contributed by atoms with E-state index in [-0.39, 0.29) is 5.78 Å². The SMILES string of the molecule is CCOCc1ccc(CC(C)=O)cc1Br. The van der Waals surface area contributed by atoms with E-state index in [9.17, 15) is 4.79 Å². The summed E-state index contributed by atoms with van der Waals surface area (Å²) in [7, 11) is 0. The van der Waals surface area contributed by atoms with E-state index in [1.165, 1.54) is 0 Å². The lowest BCUT2D eigenvalue weighted by molar-refractivity contribution is -0.116. The van der Waals surface area contributed by atoms with Gasteiger partial charge in [-0.2, -0.15) is 0 Å².